The first-order valence-electron chi connectivity index (χ1n) is 10.0. The Hall–Kier alpha value is -2.49. The molecule has 7 nitrogen and oxygen atoms in total. The van der Waals surface area contributed by atoms with Crippen molar-refractivity contribution in [1.82, 2.24) is 15.1 Å². The molecule has 0 saturated carbocycles. The number of anilines is 1. The average molecular weight is 505 g/mol. The Balaban J connectivity index is 1.71. The molecular formula is C22H25BrN4O3S. The van der Waals surface area contributed by atoms with Crippen molar-refractivity contribution in [2.45, 2.75) is 6.92 Å². The number of rotatable bonds is 5. The van der Waals surface area contributed by atoms with Gasteiger partial charge in [0.05, 0.1) is 23.4 Å². The lowest BCUT2D eigenvalue weighted by Crippen LogP contribution is -2.47. The van der Waals surface area contributed by atoms with E-state index in [2.05, 4.69) is 31.5 Å². The standard InChI is InChI=1S/C22H25BrN4O3S/c1-3-30-19-9-8-15(23)14-17(19)20(28)25-22(31)24-18-7-5-4-6-16(18)21(29)27-12-10-26(2)11-13-27/h4-9,14H,3,10-13H2,1-2H3,(H2,24,25,28,31). The Morgan fingerprint density at radius 2 is 1.81 bits per heavy atom. The van der Waals surface area contributed by atoms with Crippen LogP contribution in [0.1, 0.15) is 27.6 Å². The number of halogens is 1. The van der Waals surface area contributed by atoms with Gasteiger partial charge in [0.25, 0.3) is 11.8 Å². The lowest BCUT2D eigenvalue weighted by atomic mass is 10.1. The van der Waals surface area contributed by atoms with Crippen LogP contribution in [0.15, 0.2) is 46.9 Å². The van der Waals surface area contributed by atoms with E-state index < -0.39 is 5.91 Å². The van der Waals surface area contributed by atoms with Crippen molar-refractivity contribution in [3.63, 3.8) is 0 Å². The first-order chi connectivity index (χ1) is 14.9. The van der Waals surface area contributed by atoms with E-state index in [-0.39, 0.29) is 11.0 Å². The molecule has 0 radical (unpaired) electrons. The maximum atomic E-state index is 13.0. The van der Waals surface area contributed by atoms with E-state index in [1.54, 1.807) is 30.3 Å². The van der Waals surface area contributed by atoms with Crippen LogP contribution < -0.4 is 15.4 Å². The number of benzene rings is 2. The number of nitrogens with zero attached hydrogens (tertiary/aromatic N) is 2. The largest absolute Gasteiger partial charge is 0.493 e. The summed E-state index contributed by atoms with van der Waals surface area (Å²) in [5.41, 5.74) is 1.43. The maximum Gasteiger partial charge on any atom is 0.261 e. The minimum Gasteiger partial charge on any atom is -0.493 e. The van der Waals surface area contributed by atoms with Crippen LogP contribution in [0, 0.1) is 0 Å². The number of carbonyl (C=O) groups is 2. The quantitative estimate of drug-likeness (QED) is 0.608. The fourth-order valence-electron chi connectivity index (χ4n) is 3.24. The summed E-state index contributed by atoms with van der Waals surface area (Å²) in [4.78, 5) is 29.8. The van der Waals surface area contributed by atoms with Gasteiger partial charge in [0.1, 0.15) is 5.75 Å². The zero-order valence-corrected chi connectivity index (χ0v) is 19.9. The number of para-hydroxylation sites is 1. The van der Waals surface area contributed by atoms with Crippen LogP contribution in [0.3, 0.4) is 0 Å². The number of ether oxygens (including phenoxy) is 1. The summed E-state index contributed by atoms with van der Waals surface area (Å²) in [6.45, 7) is 5.31. The van der Waals surface area contributed by atoms with Gasteiger partial charge in [-0.15, -0.1) is 0 Å². The molecule has 1 saturated heterocycles. The van der Waals surface area contributed by atoms with E-state index in [1.807, 2.05) is 31.0 Å². The Bertz CT molecular complexity index is 977. The maximum absolute atomic E-state index is 13.0. The number of nitrogens with one attached hydrogen (secondary N) is 2. The minimum absolute atomic E-state index is 0.0593. The van der Waals surface area contributed by atoms with Crippen LogP contribution in [-0.2, 0) is 0 Å². The molecular weight excluding hydrogens is 480 g/mol. The van der Waals surface area contributed by atoms with E-state index in [0.717, 1.165) is 17.6 Å². The lowest BCUT2D eigenvalue weighted by Gasteiger charge is -2.32. The van der Waals surface area contributed by atoms with E-state index in [4.69, 9.17) is 17.0 Å². The first kappa shape index (κ1) is 23.2. The van der Waals surface area contributed by atoms with E-state index in [0.29, 0.717) is 42.3 Å². The Morgan fingerprint density at radius 1 is 1.10 bits per heavy atom. The second-order valence-corrected chi connectivity index (χ2v) is 8.45. The molecule has 0 aliphatic carbocycles. The minimum atomic E-state index is -0.398. The second-order valence-electron chi connectivity index (χ2n) is 7.12. The summed E-state index contributed by atoms with van der Waals surface area (Å²) in [5, 5.41) is 5.77. The fourth-order valence-corrected chi connectivity index (χ4v) is 3.81. The van der Waals surface area contributed by atoms with Gasteiger partial charge in [-0.05, 0) is 56.5 Å². The lowest BCUT2D eigenvalue weighted by molar-refractivity contribution is 0.0665. The third-order valence-corrected chi connectivity index (χ3v) is 5.61. The number of hydrogen-bond donors (Lipinski definition) is 2. The summed E-state index contributed by atoms with van der Waals surface area (Å²) < 4.78 is 6.29. The number of hydrogen-bond acceptors (Lipinski definition) is 5. The van der Waals surface area contributed by atoms with Gasteiger partial charge in [-0.2, -0.15) is 0 Å². The van der Waals surface area contributed by atoms with Gasteiger partial charge in [0.15, 0.2) is 5.11 Å². The summed E-state index contributed by atoms with van der Waals surface area (Å²) in [7, 11) is 2.04. The summed E-state index contributed by atoms with van der Waals surface area (Å²) in [6, 6.07) is 12.4. The molecule has 1 aliphatic rings. The van der Waals surface area contributed by atoms with Gasteiger partial charge in [0.2, 0.25) is 0 Å². The number of carbonyl (C=O) groups excluding carboxylic acids is 2. The van der Waals surface area contributed by atoms with Gasteiger partial charge >= 0.3 is 0 Å². The number of likely N-dealkylation sites (N-methyl/N-ethyl adjacent to an activating group) is 1. The van der Waals surface area contributed by atoms with Crippen LogP contribution >= 0.6 is 28.1 Å². The molecule has 2 amide bonds. The predicted octanol–water partition coefficient (Wildman–Crippen LogP) is 3.36. The third-order valence-electron chi connectivity index (χ3n) is 4.91. The summed E-state index contributed by atoms with van der Waals surface area (Å²) in [6.07, 6.45) is 0. The van der Waals surface area contributed by atoms with Crippen LogP contribution in [-0.4, -0.2) is 66.6 Å². The number of piperazine rings is 1. The molecule has 1 heterocycles. The van der Waals surface area contributed by atoms with Gasteiger partial charge in [-0.1, -0.05) is 28.1 Å². The van der Waals surface area contributed by atoms with Crippen LogP contribution in [0.25, 0.3) is 0 Å². The zero-order chi connectivity index (χ0) is 22.4. The van der Waals surface area contributed by atoms with Crippen molar-refractivity contribution in [3.05, 3.63) is 58.1 Å². The molecule has 1 fully saturated rings. The van der Waals surface area contributed by atoms with Crippen molar-refractivity contribution in [3.8, 4) is 5.75 Å². The summed E-state index contributed by atoms with van der Waals surface area (Å²) >= 11 is 8.72. The van der Waals surface area contributed by atoms with Crippen LogP contribution in [0.4, 0.5) is 5.69 Å². The highest BCUT2D eigenvalue weighted by Gasteiger charge is 2.23. The Morgan fingerprint density at radius 3 is 2.52 bits per heavy atom. The molecule has 9 heteroatoms. The smallest absolute Gasteiger partial charge is 0.261 e. The molecule has 0 spiro atoms. The Kier molecular flexibility index (Phi) is 8.00. The zero-order valence-electron chi connectivity index (χ0n) is 17.5. The van der Waals surface area contributed by atoms with Gasteiger partial charge in [-0.3, -0.25) is 14.9 Å². The first-order valence-corrected chi connectivity index (χ1v) is 11.2. The van der Waals surface area contributed by atoms with E-state index in [1.165, 1.54) is 0 Å². The fraction of sp³-hybridized carbons (Fsp3) is 0.318. The van der Waals surface area contributed by atoms with Gasteiger partial charge < -0.3 is 19.9 Å². The molecule has 2 aromatic carbocycles. The molecule has 3 rings (SSSR count). The predicted molar refractivity (Wildman–Crippen MR) is 129 cm³/mol. The van der Waals surface area contributed by atoms with E-state index >= 15 is 0 Å². The van der Waals surface area contributed by atoms with Crippen molar-refractivity contribution < 1.29 is 14.3 Å². The Labute approximate surface area is 195 Å². The highest BCUT2D eigenvalue weighted by Crippen LogP contribution is 2.23. The third kappa shape index (κ3) is 6.03. The average Bonchev–Trinajstić information content (AvgIpc) is 2.75. The normalized spacial score (nSPS) is 14.1. The molecule has 0 aromatic heterocycles. The van der Waals surface area contributed by atoms with Crippen LogP contribution in [0.5, 0.6) is 5.75 Å². The van der Waals surface area contributed by atoms with Crippen molar-refractivity contribution >= 4 is 50.8 Å². The van der Waals surface area contributed by atoms with Crippen LogP contribution in [0.2, 0.25) is 0 Å². The molecule has 0 atom stereocenters. The molecule has 31 heavy (non-hydrogen) atoms. The molecule has 2 N–H and O–H groups in total. The monoisotopic (exact) mass is 504 g/mol. The number of thiocarbonyl (C=S) groups is 1. The molecule has 0 bridgehead atoms. The van der Waals surface area contributed by atoms with Crippen molar-refractivity contribution in [2.75, 3.05) is 45.2 Å². The highest BCUT2D eigenvalue weighted by molar-refractivity contribution is 9.10. The number of amides is 2. The highest BCUT2D eigenvalue weighted by atomic mass is 79.9. The second kappa shape index (κ2) is 10.7. The van der Waals surface area contributed by atoms with E-state index in [9.17, 15) is 9.59 Å². The SMILES string of the molecule is CCOc1ccc(Br)cc1C(=O)NC(=S)Nc1ccccc1C(=O)N1CCN(C)CC1. The topological polar surface area (TPSA) is 73.9 Å². The molecule has 164 valence electrons. The van der Waals surface area contributed by atoms with Crippen molar-refractivity contribution in [1.29, 1.82) is 0 Å². The van der Waals surface area contributed by atoms with Crippen molar-refractivity contribution in [2.24, 2.45) is 0 Å². The summed E-state index contributed by atoms with van der Waals surface area (Å²) in [5.74, 6) is 0.0118. The molecule has 2 aromatic rings. The van der Waals surface area contributed by atoms with Gasteiger partial charge in [-0.25, -0.2) is 0 Å². The molecule has 1 aliphatic heterocycles. The van der Waals surface area contributed by atoms with Gasteiger partial charge in [0, 0.05) is 30.7 Å². The molecule has 0 unspecified atom stereocenters.